The molecule has 0 spiro atoms. The van der Waals surface area contributed by atoms with Crippen LogP contribution < -0.4 is 15.0 Å². The molecule has 0 bridgehead atoms. The molecule has 1 N–H and O–H groups in total. The van der Waals surface area contributed by atoms with Gasteiger partial charge in [-0.1, -0.05) is 19.9 Å². The lowest BCUT2D eigenvalue weighted by Gasteiger charge is -2.31. The van der Waals surface area contributed by atoms with Gasteiger partial charge in [-0.15, -0.1) is 11.3 Å². The van der Waals surface area contributed by atoms with E-state index in [0.717, 1.165) is 25.2 Å². The maximum atomic E-state index is 5.33. The predicted octanol–water partition coefficient (Wildman–Crippen LogP) is 3.60. The van der Waals surface area contributed by atoms with Crippen molar-refractivity contribution in [2.24, 2.45) is 0 Å². The number of methoxy groups -OCH3 is 1. The summed E-state index contributed by atoms with van der Waals surface area (Å²) in [7, 11) is 3.69. The summed E-state index contributed by atoms with van der Waals surface area (Å²) in [4.78, 5) is 8.68. The van der Waals surface area contributed by atoms with Gasteiger partial charge in [0.05, 0.1) is 24.5 Å². The molecule has 3 rings (SSSR count). The summed E-state index contributed by atoms with van der Waals surface area (Å²) < 4.78 is 5.33. The van der Waals surface area contributed by atoms with Gasteiger partial charge in [-0.05, 0) is 37.5 Å². The molecule has 0 fully saturated rings. The number of hydrogen-bond donors (Lipinski definition) is 1. The third kappa shape index (κ3) is 3.08. The largest absolute Gasteiger partial charge is 0.481 e. The van der Waals surface area contributed by atoms with Crippen LogP contribution in [0.2, 0.25) is 0 Å². The van der Waals surface area contributed by atoms with E-state index < -0.39 is 0 Å². The zero-order valence-electron chi connectivity index (χ0n) is 14.3. The van der Waals surface area contributed by atoms with Crippen LogP contribution in [0.5, 0.6) is 5.88 Å². The van der Waals surface area contributed by atoms with Crippen LogP contribution in [0.3, 0.4) is 0 Å². The van der Waals surface area contributed by atoms with E-state index in [4.69, 9.17) is 9.72 Å². The number of nitrogens with zero attached hydrogens (tertiary/aromatic N) is 2. The summed E-state index contributed by atoms with van der Waals surface area (Å²) in [5, 5.41) is 5.45. The highest BCUT2D eigenvalue weighted by Crippen LogP contribution is 2.45. The monoisotopic (exact) mass is 331 g/mol. The number of rotatable bonds is 6. The SMILES string of the molecule is CNCCC(c1cccs1)N1CC(C)(C)c2nc(OC)ccc21. The number of thiophene rings is 1. The number of fused-ring (bicyclic) bond motifs is 1. The average Bonchev–Trinajstić information content (AvgIpc) is 3.15. The number of pyridine rings is 1. The van der Waals surface area contributed by atoms with Gasteiger partial charge in [0.1, 0.15) is 0 Å². The molecule has 1 aliphatic heterocycles. The maximum absolute atomic E-state index is 5.33. The third-order valence-electron chi connectivity index (χ3n) is 4.49. The fourth-order valence-corrected chi connectivity index (χ4v) is 4.23. The molecule has 1 atom stereocenters. The summed E-state index contributed by atoms with van der Waals surface area (Å²) in [6.07, 6.45) is 1.08. The van der Waals surface area contributed by atoms with Crippen molar-refractivity contribution in [1.82, 2.24) is 10.3 Å². The summed E-state index contributed by atoms with van der Waals surface area (Å²) >= 11 is 1.84. The van der Waals surface area contributed by atoms with E-state index in [-0.39, 0.29) is 5.41 Å². The summed E-state index contributed by atoms with van der Waals surface area (Å²) in [6.45, 7) is 6.51. The average molecular weight is 331 g/mol. The van der Waals surface area contributed by atoms with Gasteiger partial charge in [-0.3, -0.25) is 0 Å². The van der Waals surface area contributed by atoms with Crippen LogP contribution in [0.4, 0.5) is 5.69 Å². The molecule has 5 heteroatoms. The normalized spacial score (nSPS) is 17.1. The van der Waals surface area contributed by atoms with Gasteiger partial charge in [0.25, 0.3) is 0 Å². The lowest BCUT2D eigenvalue weighted by molar-refractivity contribution is 0.392. The standard InChI is InChI=1S/C18H25N3OS/c1-18(2)12-21(14-7-8-16(22-4)20-17(14)18)13(9-10-19-3)15-6-5-11-23-15/h5-8,11,13,19H,9-10,12H2,1-4H3. The van der Waals surface area contributed by atoms with Crippen molar-refractivity contribution in [3.05, 3.63) is 40.2 Å². The lowest BCUT2D eigenvalue weighted by atomic mass is 9.91. The van der Waals surface area contributed by atoms with E-state index >= 15 is 0 Å². The Labute approximate surface area is 142 Å². The van der Waals surface area contributed by atoms with Crippen molar-refractivity contribution in [2.75, 3.05) is 32.1 Å². The Balaban J connectivity index is 1.99. The van der Waals surface area contributed by atoms with E-state index in [1.807, 2.05) is 24.5 Å². The molecule has 4 nitrogen and oxygen atoms in total. The van der Waals surface area contributed by atoms with Gasteiger partial charge >= 0.3 is 0 Å². The van der Waals surface area contributed by atoms with Gasteiger partial charge in [-0.2, -0.15) is 0 Å². The number of nitrogens with one attached hydrogen (secondary N) is 1. The fraction of sp³-hybridized carbons (Fsp3) is 0.500. The molecule has 1 unspecified atom stereocenters. The van der Waals surface area contributed by atoms with Crippen LogP contribution in [-0.2, 0) is 5.41 Å². The highest BCUT2D eigenvalue weighted by Gasteiger charge is 2.40. The molecule has 2 aromatic rings. The predicted molar refractivity (Wildman–Crippen MR) is 96.8 cm³/mol. The van der Waals surface area contributed by atoms with Crippen molar-refractivity contribution in [2.45, 2.75) is 31.7 Å². The number of ether oxygens (including phenoxy) is 1. The Morgan fingerprint density at radius 3 is 2.87 bits per heavy atom. The van der Waals surface area contributed by atoms with Crippen LogP contribution in [0.25, 0.3) is 0 Å². The highest BCUT2D eigenvalue weighted by atomic mass is 32.1. The van der Waals surface area contributed by atoms with Gasteiger partial charge in [0.2, 0.25) is 5.88 Å². The third-order valence-corrected chi connectivity index (χ3v) is 5.46. The van der Waals surface area contributed by atoms with Crippen molar-refractivity contribution in [3.63, 3.8) is 0 Å². The number of aromatic nitrogens is 1. The molecule has 0 saturated carbocycles. The number of anilines is 1. The second-order valence-corrected chi connectivity index (χ2v) is 7.64. The van der Waals surface area contributed by atoms with Crippen molar-refractivity contribution in [3.8, 4) is 5.88 Å². The van der Waals surface area contributed by atoms with E-state index in [0.29, 0.717) is 11.9 Å². The van der Waals surface area contributed by atoms with Gasteiger partial charge < -0.3 is 15.0 Å². The Kier molecular flexibility index (Phi) is 4.60. The Morgan fingerprint density at radius 2 is 2.22 bits per heavy atom. The molecule has 1 aliphatic rings. The molecule has 124 valence electrons. The summed E-state index contributed by atoms with van der Waals surface area (Å²) in [5.41, 5.74) is 2.41. The lowest BCUT2D eigenvalue weighted by Crippen LogP contribution is -2.33. The van der Waals surface area contributed by atoms with E-state index in [2.05, 4.69) is 47.6 Å². The molecule has 0 radical (unpaired) electrons. The van der Waals surface area contributed by atoms with E-state index in [1.54, 1.807) is 7.11 Å². The van der Waals surface area contributed by atoms with Crippen LogP contribution in [0, 0.1) is 0 Å². The first-order valence-corrected chi connectivity index (χ1v) is 8.95. The van der Waals surface area contributed by atoms with Crippen LogP contribution in [0.15, 0.2) is 29.6 Å². The summed E-state index contributed by atoms with van der Waals surface area (Å²) in [5.74, 6) is 0.696. The van der Waals surface area contributed by atoms with E-state index in [9.17, 15) is 0 Å². The Morgan fingerprint density at radius 1 is 1.39 bits per heavy atom. The van der Waals surface area contributed by atoms with Crippen LogP contribution in [0.1, 0.15) is 36.9 Å². The molecule has 2 aromatic heterocycles. The number of hydrogen-bond acceptors (Lipinski definition) is 5. The topological polar surface area (TPSA) is 37.4 Å². The summed E-state index contributed by atoms with van der Waals surface area (Å²) in [6, 6.07) is 8.90. The molecule has 0 aliphatic carbocycles. The molecule has 3 heterocycles. The van der Waals surface area contributed by atoms with E-state index in [1.165, 1.54) is 10.6 Å². The molecular weight excluding hydrogens is 306 g/mol. The first kappa shape index (κ1) is 16.3. The van der Waals surface area contributed by atoms with Crippen LogP contribution in [-0.4, -0.2) is 32.2 Å². The quantitative estimate of drug-likeness (QED) is 0.877. The molecule has 0 saturated heterocycles. The minimum atomic E-state index is 0.0268. The molecule has 23 heavy (non-hydrogen) atoms. The first-order chi connectivity index (χ1) is 11.1. The van der Waals surface area contributed by atoms with Gasteiger partial charge in [0.15, 0.2) is 0 Å². The second-order valence-electron chi connectivity index (χ2n) is 6.66. The minimum absolute atomic E-state index is 0.0268. The minimum Gasteiger partial charge on any atom is -0.481 e. The first-order valence-electron chi connectivity index (χ1n) is 8.07. The zero-order valence-corrected chi connectivity index (χ0v) is 15.1. The van der Waals surface area contributed by atoms with Crippen molar-refractivity contribution < 1.29 is 4.74 Å². The molecule has 0 amide bonds. The highest BCUT2D eigenvalue weighted by molar-refractivity contribution is 7.10. The Bertz CT molecular complexity index is 654. The fourth-order valence-electron chi connectivity index (χ4n) is 3.35. The van der Waals surface area contributed by atoms with Crippen molar-refractivity contribution >= 4 is 17.0 Å². The zero-order chi connectivity index (χ0) is 16.4. The van der Waals surface area contributed by atoms with Crippen molar-refractivity contribution in [1.29, 1.82) is 0 Å². The second kappa shape index (κ2) is 6.49. The molecular formula is C18H25N3OS. The van der Waals surface area contributed by atoms with Crippen LogP contribution >= 0.6 is 11.3 Å². The Hall–Kier alpha value is -1.59. The smallest absolute Gasteiger partial charge is 0.213 e. The molecule has 0 aromatic carbocycles. The maximum Gasteiger partial charge on any atom is 0.213 e. The van der Waals surface area contributed by atoms with Gasteiger partial charge in [0, 0.05) is 22.9 Å². The van der Waals surface area contributed by atoms with Gasteiger partial charge in [-0.25, -0.2) is 4.98 Å².